The summed E-state index contributed by atoms with van der Waals surface area (Å²) in [7, 11) is -3.52. The van der Waals surface area contributed by atoms with Gasteiger partial charge in [0.15, 0.2) is 0 Å². The van der Waals surface area contributed by atoms with E-state index in [0.29, 0.717) is 18.1 Å². The molecule has 1 aromatic carbocycles. The Bertz CT molecular complexity index is 674. The average molecular weight is 346 g/mol. The molecule has 1 aromatic heterocycles. The summed E-state index contributed by atoms with van der Waals surface area (Å²) in [4.78, 5) is 4.37. The summed E-state index contributed by atoms with van der Waals surface area (Å²) in [5.74, 6) is 0. The highest BCUT2D eigenvalue weighted by Crippen LogP contribution is 2.15. The van der Waals surface area contributed by atoms with E-state index in [1.54, 1.807) is 29.7 Å². The normalized spacial score (nSPS) is 13.2. The van der Waals surface area contributed by atoms with Gasteiger partial charge < -0.3 is 5.32 Å². The molecule has 21 heavy (non-hydrogen) atoms. The number of sulfonamides is 1. The lowest BCUT2D eigenvalue weighted by molar-refractivity contribution is 0.552. The minimum atomic E-state index is -3.52. The zero-order valence-electron chi connectivity index (χ0n) is 11.4. The van der Waals surface area contributed by atoms with Crippen LogP contribution in [0, 0.1) is 0 Å². The molecule has 114 valence electrons. The van der Waals surface area contributed by atoms with Crippen molar-refractivity contribution in [3.63, 3.8) is 0 Å². The van der Waals surface area contributed by atoms with Crippen LogP contribution in [0.25, 0.3) is 0 Å². The highest BCUT2D eigenvalue weighted by Gasteiger charge is 2.14. The lowest BCUT2D eigenvalue weighted by atomic mass is 10.3. The average Bonchev–Trinajstić information content (AvgIpc) is 2.97. The molecule has 2 rings (SSSR count). The van der Waals surface area contributed by atoms with Crippen molar-refractivity contribution in [1.29, 1.82) is 0 Å². The fourth-order valence-electron chi connectivity index (χ4n) is 1.73. The van der Waals surface area contributed by atoms with E-state index in [2.05, 4.69) is 15.0 Å². The Morgan fingerprint density at radius 1 is 1.38 bits per heavy atom. The Morgan fingerprint density at radius 2 is 2.19 bits per heavy atom. The van der Waals surface area contributed by atoms with E-state index in [1.165, 1.54) is 12.1 Å². The van der Waals surface area contributed by atoms with E-state index >= 15 is 0 Å². The third-order valence-corrected chi connectivity index (χ3v) is 5.45. The van der Waals surface area contributed by atoms with Gasteiger partial charge in [0.25, 0.3) is 0 Å². The van der Waals surface area contributed by atoms with E-state index in [4.69, 9.17) is 11.6 Å². The van der Waals surface area contributed by atoms with Crippen LogP contribution in [0.3, 0.4) is 0 Å². The minimum Gasteiger partial charge on any atom is -0.307 e. The second kappa shape index (κ2) is 7.33. The molecule has 0 spiro atoms. The van der Waals surface area contributed by atoms with Crippen molar-refractivity contribution in [3.8, 4) is 0 Å². The third kappa shape index (κ3) is 4.76. The van der Waals surface area contributed by atoms with E-state index in [1.807, 2.05) is 12.3 Å². The summed E-state index contributed by atoms with van der Waals surface area (Å²) in [6, 6.07) is 6.29. The van der Waals surface area contributed by atoms with Gasteiger partial charge in [0.2, 0.25) is 10.0 Å². The molecule has 2 N–H and O–H groups in total. The van der Waals surface area contributed by atoms with E-state index < -0.39 is 10.0 Å². The summed E-state index contributed by atoms with van der Waals surface area (Å²) in [6.45, 7) is 2.80. The highest BCUT2D eigenvalue weighted by molar-refractivity contribution is 7.89. The van der Waals surface area contributed by atoms with E-state index in [-0.39, 0.29) is 10.9 Å². The lowest BCUT2D eigenvalue weighted by Gasteiger charge is -2.12. The quantitative estimate of drug-likeness (QED) is 0.756. The van der Waals surface area contributed by atoms with Crippen LogP contribution in [0.5, 0.6) is 0 Å². The number of aromatic nitrogens is 1. The molecular weight excluding hydrogens is 330 g/mol. The molecule has 0 bridgehead atoms. The summed E-state index contributed by atoms with van der Waals surface area (Å²) < 4.78 is 26.6. The maximum absolute atomic E-state index is 12.0. The third-order valence-electron chi connectivity index (χ3n) is 2.80. The Hall–Kier alpha value is -0.990. The van der Waals surface area contributed by atoms with Crippen molar-refractivity contribution in [3.05, 3.63) is 45.9 Å². The molecule has 5 nitrogen and oxygen atoms in total. The number of nitrogens with one attached hydrogen (secondary N) is 2. The molecule has 0 saturated carbocycles. The van der Waals surface area contributed by atoms with Crippen molar-refractivity contribution in [2.75, 3.05) is 13.1 Å². The maximum Gasteiger partial charge on any atom is 0.240 e. The number of halogens is 1. The number of nitrogens with zero attached hydrogens (tertiary/aromatic N) is 1. The van der Waals surface area contributed by atoms with Gasteiger partial charge >= 0.3 is 0 Å². The molecule has 0 unspecified atom stereocenters. The van der Waals surface area contributed by atoms with Gasteiger partial charge in [-0.05, 0) is 25.1 Å². The first-order valence-electron chi connectivity index (χ1n) is 6.37. The second-order valence-corrected chi connectivity index (χ2v) is 7.53. The number of benzene rings is 1. The standard InChI is InChI=1S/C13H16ClN3O2S2/c1-10(13-16-7-8-20-13)15-5-6-17-21(18,19)12-4-2-3-11(14)9-12/h2-4,7-10,15,17H,5-6H2,1H3/t10-/m1/s1. The van der Waals surface area contributed by atoms with Crippen molar-refractivity contribution in [1.82, 2.24) is 15.0 Å². The van der Waals surface area contributed by atoms with Crippen LogP contribution in [0.2, 0.25) is 5.02 Å². The van der Waals surface area contributed by atoms with Crippen LogP contribution < -0.4 is 10.0 Å². The zero-order valence-corrected chi connectivity index (χ0v) is 13.8. The molecule has 0 fully saturated rings. The zero-order chi connectivity index (χ0) is 15.3. The number of rotatable bonds is 7. The van der Waals surface area contributed by atoms with Crippen molar-refractivity contribution < 1.29 is 8.42 Å². The van der Waals surface area contributed by atoms with Crippen LogP contribution >= 0.6 is 22.9 Å². The Labute approximate surface area is 133 Å². The largest absolute Gasteiger partial charge is 0.307 e. The van der Waals surface area contributed by atoms with Gasteiger partial charge in [-0.15, -0.1) is 11.3 Å². The molecule has 0 aliphatic rings. The fraction of sp³-hybridized carbons (Fsp3) is 0.308. The van der Waals surface area contributed by atoms with E-state index in [0.717, 1.165) is 5.01 Å². The van der Waals surface area contributed by atoms with Gasteiger partial charge in [-0.2, -0.15) is 0 Å². The minimum absolute atomic E-state index is 0.0978. The molecule has 0 radical (unpaired) electrons. The SMILES string of the molecule is C[C@@H](NCCNS(=O)(=O)c1cccc(Cl)c1)c1nccs1. The van der Waals surface area contributed by atoms with Crippen LogP contribution in [0.4, 0.5) is 0 Å². The first-order chi connectivity index (χ1) is 9.99. The van der Waals surface area contributed by atoms with Crippen LogP contribution in [0.15, 0.2) is 40.7 Å². The first kappa shape index (κ1) is 16.4. The highest BCUT2D eigenvalue weighted by atomic mass is 35.5. The molecule has 0 aliphatic heterocycles. The van der Waals surface area contributed by atoms with Gasteiger partial charge in [0, 0.05) is 29.7 Å². The topological polar surface area (TPSA) is 71.1 Å². The van der Waals surface area contributed by atoms with Crippen LogP contribution in [0.1, 0.15) is 18.0 Å². The van der Waals surface area contributed by atoms with Crippen molar-refractivity contribution in [2.45, 2.75) is 17.9 Å². The Morgan fingerprint density at radius 3 is 2.86 bits per heavy atom. The number of thiazole rings is 1. The van der Waals surface area contributed by atoms with Crippen molar-refractivity contribution in [2.24, 2.45) is 0 Å². The maximum atomic E-state index is 12.0. The lowest BCUT2D eigenvalue weighted by Crippen LogP contribution is -2.33. The van der Waals surface area contributed by atoms with Gasteiger partial charge in [0.1, 0.15) is 5.01 Å². The predicted molar refractivity (Wildman–Crippen MR) is 85.2 cm³/mol. The fourth-order valence-corrected chi connectivity index (χ4v) is 3.73. The van der Waals surface area contributed by atoms with Gasteiger partial charge in [-0.3, -0.25) is 0 Å². The van der Waals surface area contributed by atoms with Gasteiger partial charge in [-0.1, -0.05) is 17.7 Å². The van der Waals surface area contributed by atoms with E-state index in [9.17, 15) is 8.42 Å². The molecule has 0 aliphatic carbocycles. The smallest absolute Gasteiger partial charge is 0.240 e. The number of hydrogen-bond acceptors (Lipinski definition) is 5. The molecule has 1 atom stereocenters. The number of hydrogen-bond donors (Lipinski definition) is 2. The first-order valence-corrected chi connectivity index (χ1v) is 9.11. The van der Waals surface area contributed by atoms with Crippen molar-refractivity contribution >= 4 is 33.0 Å². The summed E-state index contributed by atoms with van der Waals surface area (Å²) in [5.41, 5.74) is 0. The monoisotopic (exact) mass is 345 g/mol. The summed E-state index contributed by atoms with van der Waals surface area (Å²) in [6.07, 6.45) is 1.75. The van der Waals surface area contributed by atoms with Crippen LogP contribution in [-0.4, -0.2) is 26.5 Å². The Balaban J connectivity index is 1.83. The predicted octanol–water partition coefficient (Wildman–Crippen LogP) is 2.43. The molecule has 0 saturated heterocycles. The molecule has 2 aromatic rings. The summed E-state index contributed by atoms with van der Waals surface area (Å²) in [5, 5.41) is 6.50. The summed E-state index contributed by atoms with van der Waals surface area (Å²) >= 11 is 7.37. The molecular formula is C13H16ClN3O2S2. The second-order valence-electron chi connectivity index (χ2n) is 4.40. The van der Waals surface area contributed by atoms with Gasteiger partial charge in [-0.25, -0.2) is 18.1 Å². The molecule has 8 heteroatoms. The molecule has 0 amide bonds. The molecule has 1 heterocycles. The Kier molecular flexibility index (Phi) is 5.72. The van der Waals surface area contributed by atoms with Gasteiger partial charge in [0.05, 0.1) is 10.9 Å². The van der Waals surface area contributed by atoms with Crippen LogP contribution in [-0.2, 0) is 10.0 Å².